The summed E-state index contributed by atoms with van der Waals surface area (Å²) in [5, 5.41) is 3.36. The zero-order valence-electron chi connectivity index (χ0n) is 4.96. The van der Waals surface area contributed by atoms with Gasteiger partial charge in [0.25, 0.3) is 5.91 Å². The lowest BCUT2D eigenvalue weighted by atomic mass is 10.6. The van der Waals surface area contributed by atoms with Crippen LogP contribution in [0.4, 0.5) is 4.39 Å². The van der Waals surface area contributed by atoms with Crippen molar-refractivity contribution in [2.45, 2.75) is 0 Å². The van der Waals surface area contributed by atoms with Crippen LogP contribution in [0, 0.1) is 0 Å². The van der Waals surface area contributed by atoms with Gasteiger partial charge < -0.3 is 5.73 Å². The number of carbonyl (C=O) groups excluding carboxylic acids is 1. The molecule has 0 aromatic rings. The van der Waals surface area contributed by atoms with Crippen LogP contribution in [-0.2, 0) is 4.79 Å². The van der Waals surface area contributed by atoms with Crippen molar-refractivity contribution >= 4 is 35.3 Å². The third-order valence-electron chi connectivity index (χ3n) is 0.564. The van der Waals surface area contributed by atoms with E-state index >= 15 is 0 Å². The number of thiocarbonyl (C=S) groups is 1. The molecule has 0 atom stereocenters. The van der Waals surface area contributed by atoms with Crippen molar-refractivity contribution in [3.8, 4) is 0 Å². The SMILES string of the molecule is NC(=O)C(F)=CSC[C]=S. The largest absolute Gasteiger partial charge is 0.364 e. The van der Waals surface area contributed by atoms with Crippen LogP contribution in [-0.4, -0.2) is 17.0 Å². The summed E-state index contributed by atoms with van der Waals surface area (Å²) >= 11 is 5.37. The summed E-state index contributed by atoms with van der Waals surface area (Å²) in [6, 6.07) is 0. The van der Waals surface area contributed by atoms with Gasteiger partial charge in [0.1, 0.15) is 0 Å². The molecule has 0 bridgehead atoms. The van der Waals surface area contributed by atoms with E-state index in [-0.39, 0.29) is 0 Å². The van der Waals surface area contributed by atoms with Gasteiger partial charge in [-0.15, -0.1) is 11.8 Å². The van der Waals surface area contributed by atoms with Crippen LogP contribution < -0.4 is 5.73 Å². The topological polar surface area (TPSA) is 43.1 Å². The van der Waals surface area contributed by atoms with Gasteiger partial charge in [-0.05, 0) is 0 Å². The number of amides is 1. The highest BCUT2D eigenvalue weighted by molar-refractivity contribution is 8.03. The van der Waals surface area contributed by atoms with Gasteiger partial charge >= 0.3 is 0 Å². The molecular formula is C5H5FNOS2. The molecule has 0 saturated heterocycles. The highest BCUT2D eigenvalue weighted by atomic mass is 32.2. The van der Waals surface area contributed by atoms with Gasteiger partial charge in [-0.3, -0.25) is 4.79 Å². The molecule has 0 heterocycles. The lowest BCUT2D eigenvalue weighted by Crippen LogP contribution is -2.10. The fourth-order valence-corrected chi connectivity index (χ4v) is 0.825. The quantitative estimate of drug-likeness (QED) is 0.395. The fourth-order valence-electron chi connectivity index (χ4n) is 0.207. The lowest BCUT2D eigenvalue weighted by Gasteiger charge is -1.86. The molecule has 1 radical (unpaired) electrons. The Morgan fingerprint density at radius 1 is 1.90 bits per heavy atom. The number of halogens is 1. The molecule has 5 heteroatoms. The third-order valence-corrected chi connectivity index (χ3v) is 1.58. The molecule has 0 saturated carbocycles. The van der Waals surface area contributed by atoms with Crippen LogP contribution in [0.5, 0.6) is 0 Å². The van der Waals surface area contributed by atoms with E-state index in [1.807, 2.05) is 0 Å². The Morgan fingerprint density at radius 2 is 2.50 bits per heavy atom. The normalized spacial score (nSPS) is 11.1. The van der Waals surface area contributed by atoms with E-state index in [1.54, 1.807) is 0 Å². The molecule has 0 unspecified atom stereocenters. The van der Waals surface area contributed by atoms with Gasteiger partial charge in [-0.1, -0.05) is 12.2 Å². The van der Waals surface area contributed by atoms with E-state index in [4.69, 9.17) is 0 Å². The predicted molar refractivity (Wildman–Crippen MR) is 43.4 cm³/mol. The number of carbonyl (C=O) groups is 1. The Kier molecular flexibility index (Phi) is 5.15. The van der Waals surface area contributed by atoms with E-state index in [2.05, 4.69) is 23.3 Å². The molecule has 0 aromatic heterocycles. The first kappa shape index (κ1) is 9.58. The summed E-state index contributed by atoms with van der Waals surface area (Å²) in [4.78, 5) is 10.0. The van der Waals surface area contributed by atoms with Crippen molar-refractivity contribution in [3.63, 3.8) is 0 Å². The zero-order valence-corrected chi connectivity index (χ0v) is 6.60. The fraction of sp³-hybridized carbons (Fsp3) is 0.200. The summed E-state index contributed by atoms with van der Waals surface area (Å²) in [6.45, 7) is 0. The average molecular weight is 178 g/mol. The van der Waals surface area contributed by atoms with E-state index in [0.29, 0.717) is 5.75 Å². The van der Waals surface area contributed by atoms with Crippen LogP contribution in [0.1, 0.15) is 0 Å². The monoisotopic (exact) mass is 178 g/mol. The minimum absolute atomic E-state index is 0.371. The molecule has 10 heavy (non-hydrogen) atoms. The second-order valence-electron chi connectivity index (χ2n) is 1.29. The van der Waals surface area contributed by atoms with Crippen molar-refractivity contribution < 1.29 is 9.18 Å². The molecule has 0 aliphatic rings. The van der Waals surface area contributed by atoms with Gasteiger partial charge in [0, 0.05) is 16.5 Å². The highest BCUT2D eigenvalue weighted by Crippen LogP contribution is 2.06. The Hall–Kier alpha value is -0.420. The minimum atomic E-state index is -1.06. The summed E-state index contributed by atoms with van der Waals surface area (Å²) in [7, 11) is 0. The average Bonchev–Trinajstić information content (AvgIpc) is 1.88. The van der Waals surface area contributed by atoms with Crippen LogP contribution in [0.2, 0.25) is 0 Å². The Balaban J connectivity index is 3.68. The second-order valence-corrected chi connectivity index (χ2v) is 2.43. The molecule has 0 aliphatic carbocycles. The lowest BCUT2D eigenvalue weighted by molar-refractivity contribution is -0.115. The highest BCUT2D eigenvalue weighted by Gasteiger charge is 1.99. The number of primary amides is 1. The van der Waals surface area contributed by atoms with Crippen molar-refractivity contribution in [3.05, 3.63) is 11.2 Å². The molecule has 0 fully saturated rings. The first-order valence-corrected chi connectivity index (χ1v) is 3.76. The predicted octanol–water partition coefficient (Wildman–Crippen LogP) is 0.893. The summed E-state index contributed by atoms with van der Waals surface area (Å²) < 4.78 is 12.2. The number of hydrogen-bond donors (Lipinski definition) is 1. The maximum absolute atomic E-state index is 12.2. The van der Waals surface area contributed by atoms with Gasteiger partial charge in [-0.2, -0.15) is 0 Å². The molecule has 0 rings (SSSR count). The molecule has 55 valence electrons. The molecule has 0 aliphatic heterocycles. The van der Waals surface area contributed by atoms with Crippen LogP contribution in [0.3, 0.4) is 0 Å². The summed E-state index contributed by atoms with van der Waals surface area (Å²) in [5.74, 6) is -1.64. The smallest absolute Gasteiger partial charge is 0.277 e. The van der Waals surface area contributed by atoms with E-state index < -0.39 is 11.7 Å². The van der Waals surface area contributed by atoms with Gasteiger partial charge in [0.15, 0.2) is 5.83 Å². The number of rotatable bonds is 4. The molecule has 0 aromatic carbocycles. The Bertz CT molecular complexity index is 169. The van der Waals surface area contributed by atoms with Gasteiger partial charge in [0.2, 0.25) is 0 Å². The Labute approximate surface area is 67.7 Å². The third kappa shape index (κ3) is 4.46. The van der Waals surface area contributed by atoms with Crippen LogP contribution in [0.25, 0.3) is 0 Å². The zero-order chi connectivity index (χ0) is 7.98. The van der Waals surface area contributed by atoms with E-state index in [9.17, 15) is 9.18 Å². The van der Waals surface area contributed by atoms with Crippen molar-refractivity contribution in [2.75, 3.05) is 5.75 Å². The first-order valence-electron chi connectivity index (χ1n) is 2.30. The van der Waals surface area contributed by atoms with Crippen molar-refractivity contribution in [1.82, 2.24) is 0 Å². The van der Waals surface area contributed by atoms with E-state index in [1.165, 1.54) is 0 Å². The van der Waals surface area contributed by atoms with Crippen molar-refractivity contribution in [1.29, 1.82) is 0 Å². The number of thioether (sulfide) groups is 1. The molecule has 1 amide bonds. The van der Waals surface area contributed by atoms with Crippen molar-refractivity contribution in [2.24, 2.45) is 5.73 Å². The maximum Gasteiger partial charge on any atom is 0.277 e. The maximum atomic E-state index is 12.2. The van der Waals surface area contributed by atoms with Gasteiger partial charge in [-0.25, -0.2) is 4.39 Å². The summed E-state index contributed by atoms with van der Waals surface area (Å²) in [5.41, 5.74) is 4.58. The summed E-state index contributed by atoms with van der Waals surface area (Å²) in [6.07, 6.45) is 0. The molecular weight excluding hydrogens is 173 g/mol. The standard InChI is InChI=1S/C5H5FNOS2/c6-4(5(7)8)3-10-2-1-9/h3H,2H2,(H2,7,8). The molecule has 2 nitrogen and oxygen atoms in total. The number of hydrogen-bond acceptors (Lipinski definition) is 3. The number of nitrogens with two attached hydrogens (primary N) is 1. The molecule has 0 spiro atoms. The Morgan fingerprint density at radius 3 is 2.90 bits per heavy atom. The van der Waals surface area contributed by atoms with E-state index in [0.717, 1.165) is 17.2 Å². The second kappa shape index (κ2) is 5.37. The van der Waals surface area contributed by atoms with Crippen LogP contribution in [0.15, 0.2) is 11.2 Å². The van der Waals surface area contributed by atoms with Crippen LogP contribution >= 0.6 is 24.0 Å². The van der Waals surface area contributed by atoms with Gasteiger partial charge in [0.05, 0.1) is 0 Å². The minimum Gasteiger partial charge on any atom is -0.364 e. The first-order chi connectivity index (χ1) is 4.68. The molecule has 2 N–H and O–H groups in total.